The van der Waals surface area contributed by atoms with Crippen LogP contribution in [0.2, 0.25) is 4.34 Å². The van der Waals surface area contributed by atoms with Gasteiger partial charge in [0.1, 0.15) is 10.2 Å². The van der Waals surface area contributed by atoms with E-state index in [0.29, 0.717) is 21.2 Å². The first kappa shape index (κ1) is 19.5. The lowest BCUT2D eigenvalue weighted by molar-refractivity contribution is 0.0942. The molecule has 0 bridgehead atoms. The maximum atomic E-state index is 13.4. The third kappa shape index (κ3) is 4.35. The topological polar surface area (TPSA) is 85.8 Å². The number of carbonyl (C=O) groups excluding carboxylic acids is 1. The molecule has 0 aliphatic carbocycles. The number of aryl methyl sites for hydroxylation is 2. The van der Waals surface area contributed by atoms with Crippen LogP contribution in [-0.4, -0.2) is 33.5 Å². The lowest BCUT2D eigenvalue weighted by atomic mass is 10.1. The fraction of sp³-hybridized carbons (Fsp3) is 0.278. The summed E-state index contributed by atoms with van der Waals surface area (Å²) in [6.45, 7) is 2.07. The molecule has 0 aliphatic heterocycles. The number of thiophene rings is 1. The van der Waals surface area contributed by atoms with E-state index >= 15 is 0 Å². The number of nitrogens with zero attached hydrogens (tertiary/aromatic N) is 3. The molecule has 0 saturated heterocycles. The Labute approximate surface area is 165 Å². The molecule has 3 N–H and O–H groups in total. The Morgan fingerprint density at radius 2 is 2.22 bits per heavy atom. The second kappa shape index (κ2) is 8.16. The number of aromatic nitrogens is 3. The molecule has 0 aliphatic rings. The molecular formula is C18H19ClFN5OS. The van der Waals surface area contributed by atoms with Crippen LogP contribution in [0.5, 0.6) is 0 Å². The van der Waals surface area contributed by atoms with Gasteiger partial charge in [-0.25, -0.2) is 9.07 Å². The predicted octanol–water partition coefficient (Wildman–Crippen LogP) is 2.94. The van der Waals surface area contributed by atoms with E-state index in [0.717, 1.165) is 17.0 Å². The quantitative estimate of drug-likeness (QED) is 0.657. The molecule has 9 heteroatoms. The lowest BCUT2D eigenvalue weighted by Gasteiger charge is -2.16. The number of nitrogens with two attached hydrogens (primary N) is 1. The molecule has 2 aromatic heterocycles. The Balaban J connectivity index is 1.76. The fourth-order valence-corrected chi connectivity index (χ4v) is 4.05. The van der Waals surface area contributed by atoms with Gasteiger partial charge in [-0.2, -0.15) is 0 Å². The molecule has 0 fully saturated rings. The van der Waals surface area contributed by atoms with E-state index in [1.807, 2.05) is 6.92 Å². The van der Waals surface area contributed by atoms with Crippen LogP contribution in [0.25, 0.3) is 11.3 Å². The normalized spacial score (nSPS) is 12.2. The summed E-state index contributed by atoms with van der Waals surface area (Å²) >= 11 is 7.53. The minimum absolute atomic E-state index is 0.235. The van der Waals surface area contributed by atoms with Crippen LogP contribution in [0.15, 0.2) is 30.3 Å². The largest absolute Gasteiger partial charge is 0.347 e. The number of rotatable bonds is 6. The average molecular weight is 408 g/mol. The molecular weight excluding hydrogens is 389 g/mol. The highest BCUT2D eigenvalue weighted by atomic mass is 35.5. The van der Waals surface area contributed by atoms with Crippen LogP contribution in [0.3, 0.4) is 0 Å². The van der Waals surface area contributed by atoms with Gasteiger partial charge < -0.3 is 11.1 Å². The van der Waals surface area contributed by atoms with E-state index in [1.165, 1.54) is 23.5 Å². The van der Waals surface area contributed by atoms with Crippen molar-refractivity contribution in [2.75, 3.05) is 6.54 Å². The number of halogens is 2. The molecule has 0 saturated carbocycles. The Morgan fingerprint density at radius 1 is 1.44 bits per heavy atom. The van der Waals surface area contributed by atoms with Crippen molar-refractivity contribution in [3.63, 3.8) is 0 Å². The zero-order valence-corrected chi connectivity index (χ0v) is 16.4. The van der Waals surface area contributed by atoms with Gasteiger partial charge in [0.05, 0.1) is 16.3 Å². The molecule has 1 atom stereocenters. The van der Waals surface area contributed by atoms with Crippen molar-refractivity contribution in [2.45, 2.75) is 19.4 Å². The van der Waals surface area contributed by atoms with Crippen LogP contribution in [0, 0.1) is 12.7 Å². The predicted molar refractivity (Wildman–Crippen MR) is 104 cm³/mol. The lowest BCUT2D eigenvalue weighted by Crippen LogP contribution is -2.41. The van der Waals surface area contributed by atoms with Gasteiger partial charge in [0.2, 0.25) is 0 Å². The monoisotopic (exact) mass is 407 g/mol. The summed E-state index contributed by atoms with van der Waals surface area (Å²) in [5.74, 6) is -0.586. The summed E-state index contributed by atoms with van der Waals surface area (Å²) in [5.41, 5.74) is 8.77. The summed E-state index contributed by atoms with van der Waals surface area (Å²) in [6.07, 6.45) is 0.441. The third-order valence-corrected chi connectivity index (χ3v) is 5.51. The summed E-state index contributed by atoms with van der Waals surface area (Å²) in [4.78, 5) is 13.1. The van der Waals surface area contributed by atoms with Crippen LogP contribution < -0.4 is 11.1 Å². The Kier molecular flexibility index (Phi) is 5.88. The molecule has 142 valence electrons. The molecule has 0 unspecified atom stereocenters. The molecule has 3 rings (SSSR count). The van der Waals surface area contributed by atoms with Crippen molar-refractivity contribution in [3.8, 4) is 11.3 Å². The third-order valence-electron chi connectivity index (χ3n) is 4.15. The van der Waals surface area contributed by atoms with Gasteiger partial charge in [0.25, 0.3) is 5.91 Å². The van der Waals surface area contributed by atoms with Gasteiger partial charge in [-0.1, -0.05) is 28.9 Å². The van der Waals surface area contributed by atoms with Gasteiger partial charge in [-0.05, 0) is 37.1 Å². The van der Waals surface area contributed by atoms with E-state index in [1.54, 1.807) is 29.9 Å². The maximum absolute atomic E-state index is 13.4. The Morgan fingerprint density at radius 3 is 2.85 bits per heavy atom. The van der Waals surface area contributed by atoms with Gasteiger partial charge >= 0.3 is 0 Å². The number of hydrogen-bond acceptors (Lipinski definition) is 5. The van der Waals surface area contributed by atoms with Crippen molar-refractivity contribution in [2.24, 2.45) is 12.8 Å². The highest BCUT2D eigenvalue weighted by Crippen LogP contribution is 2.36. The number of carbonyl (C=O) groups is 1. The number of nitrogens with one attached hydrogen (secondary N) is 1. The van der Waals surface area contributed by atoms with Crippen molar-refractivity contribution < 1.29 is 9.18 Å². The first-order valence-corrected chi connectivity index (χ1v) is 9.49. The van der Waals surface area contributed by atoms with Crippen molar-refractivity contribution >= 4 is 28.8 Å². The first-order chi connectivity index (χ1) is 12.9. The van der Waals surface area contributed by atoms with Crippen LogP contribution in [0.4, 0.5) is 4.39 Å². The molecule has 27 heavy (non-hydrogen) atoms. The maximum Gasteiger partial charge on any atom is 0.261 e. The van der Waals surface area contributed by atoms with Crippen LogP contribution in [0.1, 0.15) is 20.9 Å². The van der Waals surface area contributed by atoms with E-state index in [4.69, 9.17) is 17.3 Å². The van der Waals surface area contributed by atoms with Gasteiger partial charge in [0, 0.05) is 25.2 Å². The minimum Gasteiger partial charge on any atom is -0.347 e. The second-order valence-electron chi connectivity index (χ2n) is 6.19. The van der Waals surface area contributed by atoms with Crippen LogP contribution in [-0.2, 0) is 13.5 Å². The van der Waals surface area contributed by atoms with E-state index < -0.39 is 0 Å². The minimum atomic E-state index is -0.316. The Hall–Kier alpha value is -2.29. The summed E-state index contributed by atoms with van der Waals surface area (Å²) < 4.78 is 15.5. The van der Waals surface area contributed by atoms with E-state index in [2.05, 4.69) is 15.6 Å². The molecule has 1 amide bonds. The summed E-state index contributed by atoms with van der Waals surface area (Å²) in [6, 6.07) is 7.66. The highest BCUT2D eigenvalue weighted by molar-refractivity contribution is 7.18. The van der Waals surface area contributed by atoms with Crippen molar-refractivity contribution in [3.05, 3.63) is 56.6 Å². The smallest absolute Gasteiger partial charge is 0.261 e. The van der Waals surface area contributed by atoms with Gasteiger partial charge in [-0.15, -0.1) is 16.4 Å². The average Bonchev–Trinajstić information content (AvgIpc) is 3.16. The molecule has 0 spiro atoms. The standard InChI is InChI=1S/C18H19ClFN5OS/c1-10-16(25(2)24-23-10)14-8-15(27-17(14)19)18(26)22-13(9-21)7-11-4-3-5-12(20)6-11/h3-6,8,13H,7,9,21H2,1-2H3,(H,22,26)/t13-/m0/s1. The van der Waals surface area contributed by atoms with Crippen molar-refractivity contribution in [1.82, 2.24) is 20.3 Å². The van der Waals surface area contributed by atoms with Gasteiger partial charge in [0.15, 0.2) is 0 Å². The van der Waals surface area contributed by atoms with Gasteiger partial charge in [-0.3, -0.25) is 4.79 Å². The number of hydrogen-bond donors (Lipinski definition) is 2. The first-order valence-electron chi connectivity index (χ1n) is 8.30. The fourth-order valence-electron chi connectivity index (χ4n) is 2.87. The summed E-state index contributed by atoms with van der Waals surface area (Å²) in [7, 11) is 1.77. The molecule has 1 aromatic carbocycles. The van der Waals surface area contributed by atoms with Crippen molar-refractivity contribution in [1.29, 1.82) is 0 Å². The van der Waals surface area contributed by atoms with Crippen LogP contribution >= 0.6 is 22.9 Å². The summed E-state index contributed by atoms with van der Waals surface area (Å²) in [5, 5.41) is 10.9. The van der Waals surface area contributed by atoms with E-state index in [-0.39, 0.29) is 24.3 Å². The molecule has 3 aromatic rings. The number of amides is 1. The molecule has 6 nitrogen and oxygen atoms in total. The molecule has 0 radical (unpaired) electrons. The zero-order valence-electron chi connectivity index (χ0n) is 14.9. The highest BCUT2D eigenvalue weighted by Gasteiger charge is 2.21. The second-order valence-corrected chi connectivity index (χ2v) is 7.84. The Bertz CT molecular complexity index is 951. The molecule has 2 heterocycles. The van der Waals surface area contributed by atoms with E-state index in [9.17, 15) is 9.18 Å². The SMILES string of the molecule is Cc1nnn(C)c1-c1cc(C(=O)N[C@H](CN)Cc2cccc(F)c2)sc1Cl. The zero-order chi connectivity index (χ0) is 19.6. The number of benzene rings is 1.